The average Bonchev–Trinajstić information content (AvgIpc) is 2.56. The molecule has 1 aliphatic rings. The van der Waals surface area contributed by atoms with Crippen LogP contribution in [-0.2, 0) is 20.2 Å². The molecule has 0 amide bonds. The summed E-state index contributed by atoms with van der Waals surface area (Å²) in [6, 6.07) is 4.05. The third kappa shape index (κ3) is 2.94. The summed E-state index contributed by atoms with van der Waals surface area (Å²) in [6.07, 6.45) is 0. The number of aromatic carboxylic acids is 1. The minimum Gasteiger partial charge on any atom is -0.478 e. The van der Waals surface area contributed by atoms with E-state index >= 15 is 0 Å². The highest BCUT2D eigenvalue weighted by Crippen LogP contribution is 2.34. The Labute approximate surface area is 151 Å². The summed E-state index contributed by atoms with van der Waals surface area (Å²) in [5.41, 5.74) is -3.10. The largest absolute Gasteiger partial charge is 0.478 e. The molecule has 0 fully saturated rings. The van der Waals surface area contributed by atoms with Gasteiger partial charge in [-0.1, -0.05) is 0 Å². The van der Waals surface area contributed by atoms with Gasteiger partial charge in [0.05, 0.1) is 16.0 Å². The van der Waals surface area contributed by atoms with Gasteiger partial charge in [-0.2, -0.15) is 16.8 Å². The molecule has 0 unspecified atom stereocenters. The lowest BCUT2D eigenvalue weighted by atomic mass is 9.83. The third-order valence-electron chi connectivity index (χ3n) is 3.90. The van der Waals surface area contributed by atoms with E-state index in [0.717, 1.165) is 30.3 Å². The van der Waals surface area contributed by atoms with Gasteiger partial charge in [0.15, 0.2) is 11.6 Å². The number of benzene rings is 2. The van der Waals surface area contributed by atoms with Crippen LogP contribution in [0, 0.1) is 0 Å². The average molecular weight is 412 g/mol. The van der Waals surface area contributed by atoms with E-state index in [-0.39, 0.29) is 0 Å². The van der Waals surface area contributed by atoms with Crippen LogP contribution in [0.2, 0.25) is 0 Å². The second kappa shape index (κ2) is 5.79. The molecule has 10 nitrogen and oxygen atoms in total. The van der Waals surface area contributed by atoms with Crippen molar-refractivity contribution in [2.45, 2.75) is 9.79 Å². The molecule has 3 rings (SSSR count). The molecule has 0 aliphatic heterocycles. The van der Waals surface area contributed by atoms with Crippen molar-refractivity contribution >= 4 is 37.8 Å². The molecule has 0 heterocycles. The van der Waals surface area contributed by atoms with Crippen molar-refractivity contribution in [3.8, 4) is 0 Å². The SMILES string of the molecule is O=C1c2cc(S(=O)(=O)O)ccc2C(=O)c2c1ccc(C(=O)O)c2S(=O)(=O)O. The van der Waals surface area contributed by atoms with Crippen molar-refractivity contribution in [3.05, 3.63) is 58.1 Å². The van der Waals surface area contributed by atoms with E-state index in [1.807, 2.05) is 0 Å². The van der Waals surface area contributed by atoms with Crippen LogP contribution in [0.5, 0.6) is 0 Å². The summed E-state index contributed by atoms with van der Waals surface area (Å²) in [5, 5.41) is 9.14. The van der Waals surface area contributed by atoms with Gasteiger partial charge in [-0.15, -0.1) is 0 Å². The zero-order valence-corrected chi connectivity index (χ0v) is 14.5. The van der Waals surface area contributed by atoms with E-state index in [9.17, 15) is 35.8 Å². The molecule has 0 bridgehead atoms. The van der Waals surface area contributed by atoms with Crippen LogP contribution in [0.1, 0.15) is 42.2 Å². The molecule has 12 heteroatoms. The smallest absolute Gasteiger partial charge is 0.337 e. The Kier molecular flexibility index (Phi) is 4.04. The molecule has 3 N–H and O–H groups in total. The summed E-state index contributed by atoms with van der Waals surface area (Å²) in [7, 11) is -9.88. The fourth-order valence-electron chi connectivity index (χ4n) is 2.78. The summed E-state index contributed by atoms with van der Waals surface area (Å²) >= 11 is 0. The Morgan fingerprint density at radius 1 is 0.778 bits per heavy atom. The van der Waals surface area contributed by atoms with Gasteiger partial charge < -0.3 is 5.11 Å². The molecule has 0 aromatic heterocycles. The molecule has 0 saturated carbocycles. The molecule has 0 spiro atoms. The van der Waals surface area contributed by atoms with Gasteiger partial charge in [-0.3, -0.25) is 18.7 Å². The Hall–Kier alpha value is -2.93. The van der Waals surface area contributed by atoms with E-state index in [2.05, 4.69) is 0 Å². The molecule has 2 aromatic carbocycles. The predicted molar refractivity (Wildman–Crippen MR) is 86.3 cm³/mol. The molecule has 0 radical (unpaired) electrons. The van der Waals surface area contributed by atoms with Gasteiger partial charge in [-0.25, -0.2) is 4.79 Å². The Morgan fingerprint density at radius 2 is 1.37 bits per heavy atom. The second-order valence-corrected chi connectivity index (χ2v) is 8.27. The lowest BCUT2D eigenvalue weighted by Crippen LogP contribution is -2.26. The number of fused-ring (bicyclic) bond motifs is 2. The lowest BCUT2D eigenvalue weighted by molar-refractivity contribution is 0.0691. The predicted octanol–water partition coefficient (Wildman–Crippen LogP) is 0.654. The topological polar surface area (TPSA) is 180 Å². The highest BCUT2D eigenvalue weighted by molar-refractivity contribution is 7.86. The number of hydrogen-bond acceptors (Lipinski definition) is 7. The number of ketones is 2. The Morgan fingerprint density at radius 3 is 1.89 bits per heavy atom. The van der Waals surface area contributed by atoms with Crippen LogP contribution < -0.4 is 0 Å². The van der Waals surface area contributed by atoms with Gasteiger partial charge in [0.2, 0.25) is 0 Å². The maximum absolute atomic E-state index is 12.7. The van der Waals surface area contributed by atoms with Crippen molar-refractivity contribution in [2.24, 2.45) is 0 Å². The first-order valence-electron chi connectivity index (χ1n) is 6.92. The minimum atomic E-state index is -5.20. The number of carbonyl (C=O) groups is 3. The van der Waals surface area contributed by atoms with Crippen LogP contribution >= 0.6 is 0 Å². The standard InChI is InChI=1S/C15H8O10S2/c16-12-8-3-4-9(15(18)19)14(27(23,24)25)11(8)13(17)7-2-1-6(5-10(7)12)26(20,21)22/h1-5H,(H,18,19)(H,20,21,22)(H,23,24,25). The van der Waals surface area contributed by atoms with Gasteiger partial charge in [0.25, 0.3) is 20.2 Å². The van der Waals surface area contributed by atoms with Crippen LogP contribution in [0.4, 0.5) is 0 Å². The number of carbonyl (C=O) groups excluding carboxylic acids is 2. The van der Waals surface area contributed by atoms with Crippen molar-refractivity contribution < 1.29 is 45.4 Å². The van der Waals surface area contributed by atoms with Crippen molar-refractivity contribution in [3.63, 3.8) is 0 Å². The quantitative estimate of drug-likeness (QED) is 0.517. The van der Waals surface area contributed by atoms with E-state index in [1.165, 1.54) is 0 Å². The highest BCUT2D eigenvalue weighted by atomic mass is 32.2. The van der Waals surface area contributed by atoms with E-state index < -0.39 is 75.4 Å². The fourth-order valence-corrected chi connectivity index (χ4v) is 4.18. The molecule has 0 saturated heterocycles. The highest BCUT2D eigenvalue weighted by Gasteiger charge is 2.38. The first-order chi connectivity index (χ1) is 12.3. The van der Waals surface area contributed by atoms with E-state index in [4.69, 9.17) is 9.66 Å². The van der Waals surface area contributed by atoms with E-state index in [1.54, 1.807) is 0 Å². The Bertz CT molecular complexity index is 1270. The number of carboxylic acid groups (broad SMARTS) is 1. The number of carboxylic acids is 1. The fraction of sp³-hybridized carbons (Fsp3) is 0. The van der Waals surface area contributed by atoms with Gasteiger partial charge in [0, 0.05) is 16.7 Å². The molecular formula is C15H8O10S2. The van der Waals surface area contributed by atoms with Crippen molar-refractivity contribution in [1.29, 1.82) is 0 Å². The van der Waals surface area contributed by atoms with Crippen LogP contribution in [0.25, 0.3) is 0 Å². The normalized spacial score (nSPS) is 13.9. The molecule has 140 valence electrons. The van der Waals surface area contributed by atoms with Crippen molar-refractivity contribution in [1.82, 2.24) is 0 Å². The maximum Gasteiger partial charge on any atom is 0.337 e. The van der Waals surface area contributed by atoms with Crippen LogP contribution in [0.15, 0.2) is 40.1 Å². The molecular weight excluding hydrogens is 404 g/mol. The molecule has 27 heavy (non-hydrogen) atoms. The maximum atomic E-state index is 12.7. The zero-order valence-electron chi connectivity index (χ0n) is 12.9. The summed E-state index contributed by atoms with van der Waals surface area (Å²) < 4.78 is 64.4. The number of hydrogen-bond donors (Lipinski definition) is 3. The first kappa shape index (κ1) is 18.8. The first-order valence-corrected chi connectivity index (χ1v) is 9.80. The van der Waals surface area contributed by atoms with Crippen LogP contribution in [-0.4, -0.2) is 48.6 Å². The van der Waals surface area contributed by atoms with Gasteiger partial charge in [0.1, 0.15) is 4.90 Å². The summed E-state index contributed by atoms with van der Waals surface area (Å²) in [5.74, 6) is -3.83. The van der Waals surface area contributed by atoms with Gasteiger partial charge >= 0.3 is 5.97 Å². The third-order valence-corrected chi connectivity index (χ3v) is 5.69. The second-order valence-electron chi connectivity index (χ2n) is 5.49. The van der Waals surface area contributed by atoms with Crippen molar-refractivity contribution in [2.75, 3.05) is 0 Å². The van der Waals surface area contributed by atoms with E-state index in [0.29, 0.717) is 0 Å². The Balaban J connectivity index is 2.41. The molecule has 2 aromatic rings. The molecule has 0 atom stereocenters. The van der Waals surface area contributed by atoms with Gasteiger partial charge in [-0.05, 0) is 30.3 Å². The summed E-state index contributed by atoms with van der Waals surface area (Å²) in [6.45, 7) is 0. The zero-order chi connectivity index (χ0) is 20.3. The lowest BCUT2D eigenvalue weighted by Gasteiger charge is -2.20. The van der Waals surface area contributed by atoms with Crippen LogP contribution in [0.3, 0.4) is 0 Å². The molecule has 1 aliphatic carbocycles. The minimum absolute atomic E-state index is 0.410. The monoisotopic (exact) mass is 412 g/mol. The summed E-state index contributed by atoms with van der Waals surface area (Å²) in [4.78, 5) is 34.8. The number of rotatable bonds is 3.